The van der Waals surface area contributed by atoms with Crippen LogP contribution in [0.25, 0.3) is 10.9 Å². The molecular formula is C16H17N3O3. The summed E-state index contributed by atoms with van der Waals surface area (Å²) in [6.07, 6.45) is 1.66. The van der Waals surface area contributed by atoms with E-state index in [1.165, 1.54) is 0 Å². The van der Waals surface area contributed by atoms with Crippen LogP contribution in [0.5, 0.6) is 0 Å². The third-order valence-electron chi connectivity index (χ3n) is 4.37. The van der Waals surface area contributed by atoms with Gasteiger partial charge >= 0.3 is 6.47 Å². The Morgan fingerprint density at radius 1 is 1.45 bits per heavy atom. The van der Waals surface area contributed by atoms with E-state index >= 15 is 0 Å². The van der Waals surface area contributed by atoms with E-state index in [1.54, 1.807) is 7.05 Å². The van der Waals surface area contributed by atoms with Crippen LogP contribution in [0.4, 0.5) is 0 Å². The number of hydroxylamine groups is 1. The molecule has 0 bridgehead atoms. The van der Waals surface area contributed by atoms with E-state index < -0.39 is 5.54 Å². The van der Waals surface area contributed by atoms with E-state index in [-0.39, 0.29) is 5.92 Å². The number of para-hydroxylation sites is 1. The number of aldehydes is 1. The standard InChI is InChI=1S/C16H17N3O3/c1-11-8-16(11,15(17-2)18-22-10-21)19-13(9-20)7-12-5-3-4-6-14(12)19/h3-7,9-11H,8H2,1-2H3,(H,17,18). The van der Waals surface area contributed by atoms with E-state index in [0.717, 1.165) is 23.6 Å². The molecule has 2 atom stereocenters. The third-order valence-corrected chi connectivity index (χ3v) is 4.37. The number of amidine groups is 1. The molecule has 0 amide bonds. The minimum atomic E-state index is -0.489. The zero-order valence-corrected chi connectivity index (χ0v) is 12.4. The predicted molar refractivity (Wildman–Crippen MR) is 82.7 cm³/mol. The predicted octanol–water partition coefficient (Wildman–Crippen LogP) is 1.89. The van der Waals surface area contributed by atoms with Gasteiger partial charge in [-0.15, -0.1) is 0 Å². The first-order valence-electron chi connectivity index (χ1n) is 7.07. The van der Waals surface area contributed by atoms with Crippen molar-refractivity contribution >= 4 is 29.5 Å². The van der Waals surface area contributed by atoms with E-state index in [0.29, 0.717) is 18.0 Å². The van der Waals surface area contributed by atoms with Gasteiger partial charge in [-0.3, -0.25) is 14.6 Å². The summed E-state index contributed by atoms with van der Waals surface area (Å²) >= 11 is 0. The molecule has 6 nitrogen and oxygen atoms in total. The molecule has 22 heavy (non-hydrogen) atoms. The summed E-state index contributed by atoms with van der Waals surface area (Å²) < 4.78 is 1.99. The number of carbonyl (C=O) groups is 2. The van der Waals surface area contributed by atoms with E-state index in [1.807, 2.05) is 34.9 Å². The van der Waals surface area contributed by atoms with Crippen molar-refractivity contribution in [3.8, 4) is 0 Å². The van der Waals surface area contributed by atoms with Crippen LogP contribution in [0.3, 0.4) is 0 Å². The molecular weight excluding hydrogens is 282 g/mol. The summed E-state index contributed by atoms with van der Waals surface area (Å²) in [5, 5.41) is 0.995. The highest BCUT2D eigenvalue weighted by Crippen LogP contribution is 2.52. The van der Waals surface area contributed by atoms with Crippen molar-refractivity contribution < 1.29 is 14.4 Å². The number of fused-ring (bicyclic) bond motifs is 1. The number of carbonyl (C=O) groups excluding carboxylic acids is 2. The number of rotatable bonds is 5. The lowest BCUT2D eigenvalue weighted by Gasteiger charge is -2.23. The normalized spacial score (nSPS) is 24.1. The summed E-state index contributed by atoms with van der Waals surface area (Å²) in [6.45, 7) is 2.40. The second kappa shape index (κ2) is 5.29. The Kier molecular flexibility index (Phi) is 3.44. The van der Waals surface area contributed by atoms with Gasteiger partial charge in [0.2, 0.25) is 0 Å². The maximum Gasteiger partial charge on any atom is 0.320 e. The van der Waals surface area contributed by atoms with Gasteiger partial charge in [0.1, 0.15) is 5.54 Å². The molecule has 2 aromatic rings. The molecule has 0 spiro atoms. The summed E-state index contributed by atoms with van der Waals surface area (Å²) in [5.41, 5.74) is 3.66. The van der Waals surface area contributed by atoms with Crippen molar-refractivity contribution in [3.05, 3.63) is 36.0 Å². The van der Waals surface area contributed by atoms with Crippen molar-refractivity contribution in [2.45, 2.75) is 18.9 Å². The van der Waals surface area contributed by atoms with Gasteiger partial charge < -0.3 is 9.40 Å². The monoisotopic (exact) mass is 299 g/mol. The fourth-order valence-corrected chi connectivity index (χ4v) is 3.27. The zero-order valence-electron chi connectivity index (χ0n) is 12.4. The van der Waals surface area contributed by atoms with Crippen LogP contribution < -0.4 is 5.48 Å². The maximum atomic E-state index is 11.5. The SMILES string of the molecule is CN=C(NOC=O)C1(n2c(C=O)cc3ccccc32)CC1C. The average molecular weight is 299 g/mol. The summed E-state index contributed by atoms with van der Waals surface area (Å²) in [4.78, 5) is 30.9. The van der Waals surface area contributed by atoms with Crippen LogP contribution in [0.15, 0.2) is 35.3 Å². The molecule has 1 saturated carbocycles. The lowest BCUT2D eigenvalue weighted by Crippen LogP contribution is -2.40. The summed E-state index contributed by atoms with van der Waals surface area (Å²) in [5.74, 6) is 0.806. The molecule has 1 aromatic carbocycles. The van der Waals surface area contributed by atoms with Crippen LogP contribution in [0.1, 0.15) is 23.8 Å². The summed E-state index contributed by atoms with van der Waals surface area (Å²) in [7, 11) is 1.63. The van der Waals surface area contributed by atoms with Gasteiger partial charge in [0.25, 0.3) is 0 Å². The molecule has 0 aliphatic heterocycles. The summed E-state index contributed by atoms with van der Waals surface area (Å²) in [6, 6.07) is 9.68. The molecule has 114 valence electrons. The Morgan fingerprint density at radius 2 is 2.18 bits per heavy atom. The van der Waals surface area contributed by atoms with Crippen LogP contribution in [0, 0.1) is 5.92 Å². The van der Waals surface area contributed by atoms with E-state index in [4.69, 9.17) is 0 Å². The third kappa shape index (κ3) is 1.91. The van der Waals surface area contributed by atoms with Crippen LogP contribution >= 0.6 is 0 Å². The molecule has 3 rings (SSSR count). The van der Waals surface area contributed by atoms with Gasteiger partial charge in [0.05, 0.1) is 5.69 Å². The molecule has 1 aromatic heterocycles. The number of nitrogens with one attached hydrogen (secondary N) is 1. The first kappa shape index (κ1) is 14.3. The highest BCUT2D eigenvalue weighted by atomic mass is 16.7. The van der Waals surface area contributed by atoms with Crippen LogP contribution in [-0.2, 0) is 15.2 Å². The lowest BCUT2D eigenvalue weighted by molar-refractivity contribution is -0.132. The van der Waals surface area contributed by atoms with Gasteiger partial charge in [0.15, 0.2) is 12.1 Å². The van der Waals surface area contributed by atoms with Gasteiger partial charge in [-0.05, 0) is 24.5 Å². The minimum Gasteiger partial charge on any atom is -0.346 e. The van der Waals surface area contributed by atoms with Crippen molar-refractivity contribution in [1.82, 2.24) is 10.0 Å². The Hall–Kier alpha value is -2.63. The van der Waals surface area contributed by atoms with Gasteiger partial charge in [-0.2, -0.15) is 0 Å². The quantitative estimate of drug-likeness (QED) is 0.396. The maximum absolute atomic E-state index is 11.5. The fraction of sp³-hybridized carbons (Fsp3) is 0.312. The molecule has 2 unspecified atom stereocenters. The molecule has 1 heterocycles. The number of benzene rings is 1. The first-order chi connectivity index (χ1) is 10.7. The Labute approximate surface area is 127 Å². The second-order valence-electron chi connectivity index (χ2n) is 5.50. The molecule has 6 heteroatoms. The molecule has 1 N–H and O–H groups in total. The topological polar surface area (TPSA) is 72.7 Å². The Balaban J connectivity index is 2.19. The van der Waals surface area contributed by atoms with Crippen molar-refractivity contribution in [1.29, 1.82) is 0 Å². The largest absolute Gasteiger partial charge is 0.346 e. The number of hydrogen-bond donors (Lipinski definition) is 1. The number of hydrogen-bond acceptors (Lipinski definition) is 4. The van der Waals surface area contributed by atoms with Crippen LogP contribution in [-0.4, -0.2) is 30.2 Å². The number of nitrogens with zero attached hydrogens (tertiary/aromatic N) is 2. The smallest absolute Gasteiger partial charge is 0.320 e. The Morgan fingerprint density at radius 3 is 2.77 bits per heavy atom. The van der Waals surface area contributed by atoms with E-state index in [9.17, 15) is 9.59 Å². The molecule has 1 fully saturated rings. The molecule has 1 aliphatic rings. The average Bonchev–Trinajstić information content (AvgIpc) is 3.06. The van der Waals surface area contributed by atoms with Gasteiger partial charge in [-0.25, -0.2) is 5.48 Å². The highest BCUT2D eigenvalue weighted by Gasteiger charge is 2.58. The lowest BCUT2D eigenvalue weighted by atomic mass is 10.1. The zero-order chi connectivity index (χ0) is 15.7. The molecule has 0 saturated heterocycles. The fourth-order valence-electron chi connectivity index (χ4n) is 3.27. The second-order valence-corrected chi connectivity index (χ2v) is 5.50. The first-order valence-corrected chi connectivity index (χ1v) is 7.07. The highest BCUT2D eigenvalue weighted by molar-refractivity contribution is 5.97. The van der Waals surface area contributed by atoms with Crippen molar-refractivity contribution in [2.24, 2.45) is 10.9 Å². The van der Waals surface area contributed by atoms with Crippen LogP contribution in [0.2, 0.25) is 0 Å². The molecule has 1 aliphatic carbocycles. The minimum absolute atomic E-state index is 0.267. The van der Waals surface area contributed by atoms with Gasteiger partial charge in [0, 0.05) is 18.0 Å². The van der Waals surface area contributed by atoms with Crippen molar-refractivity contribution in [2.75, 3.05) is 7.05 Å². The van der Waals surface area contributed by atoms with E-state index in [2.05, 4.69) is 22.2 Å². The Bertz CT molecular complexity index is 765. The number of aromatic nitrogens is 1. The number of aliphatic imine (C=N–C) groups is 1. The molecule has 0 radical (unpaired) electrons. The van der Waals surface area contributed by atoms with Crippen molar-refractivity contribution in [3.63, 3.8) is 0 Å². The van der Waals surface area contributed by atoms with Gasteiger partial charge in [-0.1, -0.05) is 25.1 Å².